The van der Waals surface area contributed by atoms with Gasteiger partial charge in [-0.05, 0) is 56.4 Å². The molecule has 5 atom stereocenters. The van der Waals surface area contributed by atoms with Crippen LogP contribution in [0, 0.1) is 23.2 Å². The highest BCUT2D eigenvalue weighted by atomic mass is 15.2. The van der Waals surface area contributed by atoms with Gasteiger partial charge in [-0.25, -0.2) is 0 Å². The van der Waals surface area contributed by atoms with Gasteiger partial charge in [0.25, 0.3) is 0 Å². The molecule has 2 fully saturated rings. The monoisotopic (exact) mass is 252 g/mol. The fourth-order valence-electron chi connectivity index (χ4n) is 4.93. The Morgan fingerprint density at radius 3 is 2.28 bits per heavy atom. The lowest BCUT2D eigenvalue weighted by atomic mass is 9.80. The lowest BCUT2D eigenvalue weighted by molar-refractivity contribution is 0.0807. The first-order valence-corrected chi connectivity index (χ1v) is 7.75. The van der Waals surface area contributed by atoms with Crippen molar-refractivity contribution in [3.05, 3.63) is 0 Å². The highest BCUT2D eigenvalue weighted by Crippen LogP contribution is 2.48. The third kappa shape index (κ3) is 2.91. The summed E-state index contributed by atoms with van der Waals surface area (Å²) in [5, 5.41) is 0. The average Bonchev–Trinajstić information content (AvgIpc) is 2.74. The van der Waals surface area contributed by atoms with E-state index in [1.165, 1.54) is 32.2 Å². The molecule has 0 aromatic rings. The van der Waals surface area contributed by atoms with E-state index in [0.717, 1.165) is 17.8 Å². The van der Waals surface area contributed by atoms with Gasteiger partial charge in [0.1, 0.15) is 0 Å². The second-order valence-electron chi connectivity index (χ2n) is 8.04. The molecule has 0 saturated heterocycles. The van der Waals surface area contributed by atoms with Crippen LogP contribution in [-0.4, -0.2) is 30.6 Å². The Hall–Kier alpha value is -0.0800. The normalized spacial score (nSPS) is 35.2. The number of rotatable bonds is 4. The van der Waals surface area contributed by atoms with Crippen LogP contribution in [0.1, 0.15) is 53.4 Å². The van der Waals surface area contributed by atoms with Crippen LogP contribution in [0.15, 0.2) is 0 Å². The number of hydrogen-bond donors (Lipinski definition) is 1. The van der Waals surface area contributed by atoms with Crippen molar-refractivity contribution >= 4 is 0 Å². The Morgan fingerprint density at radius 1 is 1.22 bits per heavy atom. The lowest BCUT2D eigenvalue weighted by Crippen LogP contribution is -2.53. The molecule has 0 aromatic carbocycles. The summed E-state index contributed by atoms with van der Waals surface area (Å²) in [7, 11) is 2.28. The lowest BCUT2D eigenvalue weighted by Gasteiger charge is -2.42. The van der Waals surface area contributed by atoms with E-state index in [1.807, 2.05) is 0 Å². The maximum absolute atomic E-state index is 6.23. The SMILES string of the molecule is CC(N)C(N(C)CC1CC2CCC1C2)C(C)(C)C. The van der Waals surface area contributed by atoms with Crippen molar-refractivity contribution in [1.29, 1.82) is 0 Å². The number of fused-ring (bicyclic) bond motifs is 2. The van der Waals surface area contributed by atoms with Crippen LogP contribution in [0.3, 0.4) is 0 Å². The van der Waals surface area contributed by atoms with E-state index in [4.69, 9.17) is 5.73 Å². The largest absolute Gasteiger partial charge is 0.327 e. The van der Waals surface area contributed by atoms with Crippen LogP contribution in [0.2, 0.25) is 0 Å². The van der Waals surface area contributed by atoms with Gasteiger partial charge >= 0.3 is 0 Å². The molecule has 2 N–H and O–H groups in total. The van der Waals surface area contributed by atoms with E-state index in [9.17, 15) is 0 Å². The summed E-state index contributed by atoms with van der Waals surface area (Å²) in [5.41, 5.74) is 6.50. The Kier molecular flexibility index (Phi) is 4.08. The van der Waals surface area contributed by atoms with E-state index >= 15 is 0 Å². The second kappa shape index (κ2) is 5.13. The van der Waals surface area contributed by atoms with Gasteiger partial charge in [0.2, 0.25) is 0 Å². The molecule has 0 aromatic heterocycles. The predicted octanol–water partition coefficient (Wildman–Crippen LogP) is 3.12. The van der Waals surface area contributed by atoms with Gasteiger partial charge in [-0.15, -0.1) is 0 Å². The maximum Gasteiger partial charge on any atom is 0.0289 e. The molecular formula is C16H32N2. The molecule has 2 saturated carbocycles. The highest BCUT2D eigenvalue weighted by Gasteiger charge is 2.41. The Bertz CT molecular complexity index is 279. The standard InChI is InChI=1S/C16H32N2/c1-11(17)15(16(2,3)4)18(5)10-14-9-12-6-7-13(14)8-12/h11-15H,6-10,17H2,1-5H3. The minimum Gasteiger partial charge on any atom is -0.327 e. The van der Waals surface area contributed by atoms with Crippen LogP contribution in [-0.2, 0) is 0 Å². The molecule has 0 radical (unpaired) electrons. The van der Waals surface area contributed by atoms with E-state index in [1.54, 1.807) is 0 Å². The summed E-state index contributed by atoms with van der Waals surface area (Å²) in [6.07, 6.45) is 5.98. The van der Waals surface area contributed by atoms with Gasteiger partial charge in [-0.1, -0.05) is 27.2 Å². The van der Waals surface area contributed by atoms with Crippen molar-refractivity contribution in [3.8, 4) is 0 Å². The summed E-state index contributed by atoms with van der Waals surface area (Å²) in [6.45, 7) is 10.4. The van der Waals surface area contributed by atoms with Crippen molar-refractivity contribution in [1.82, 2.24) is 4.90 Å². The van der Waals surface area contributed by atoms with Gasteiger partial charge in [0.05, 0.1) is 0 Å². The fraction of sp³-hybridized carbons (Fsp3) is 1.00. The molecule has 2 bridgehead atoms. The van der Waals surface area contributed by atoms with Gasteiger partial charge in [0.15, 0.2) is 0 Å². The molecule has 0 spiro atoms. The van der Waals surface area contributed by atoms with Crippen molar-refractivity contribution in [2.24, 2.45) is 28.9 Å². The van der Waals surface area contributed by atoms with Crippen molar-refractivity contribution in [2.45, 2.75) is 65.5 Å². The van der Waals surface area contributed by atoms with Gasteiger partial charge < -0.3 is 10.6 Å². The van der Waals surface area contributed by atoms with Gasteiger partial charge in [-0.3, -0.25) is 0 Å². The Morgan fingerprint density at radius 2 is 1.89 bits per heavy atom. The molecule has 2 heteroatoms. The summed E-state index contributed by atoms with van der Waals surface area (Å²) in [5.74, 6) is 3.01. The number of nitrogens with zero attached hydrogens (tertiary/aromatic N) is 1. The van der Waals surface area contributed by atoms with Crippen molar-refractivity contribution in [3.63, 3.8) is 0 Å². The highest BCUT2D eigenvalue weighted by molar-refractivity contribution is 4.94. The van der Waals surface area contributed by atoms with E-state index in [2.05, 4.69) is 39.6 Å². The fourth-order valence-corrected chi connectivity index (χ4v) is 4.93. The summed E-state index contributed by atoms with van der Waals surface area (Å²) < 4.78 is 0. The molecule has 18 heavy (non-hydrogen) atoms. The van der Waals surface area contributed by atoms with Crippen LogP contribution in [0.25, 0.3) is 0 Å². The smallest absolute Gasteiger partial charge is 0.0289 e. The first kappa shape index (κ1) is 14.3. The minimum absolute atomic E-state index is 0.244. The van der Waals surface area contributed by atoms with E-state index in [-0.39, 0.29) is 11.5 Å². The zero-order valence-corrected chi connectivity index (χ0v) is 12.9. The van der Waals surface area contributed by atoms with Crippen LogP contribution < -0.4 is 5.73 Å². The summed E-state index contributed by atoms with van der Waals surface area (Å²) in [6, 6.07) is 0.727. The van der Waals surface area contributed by atoms with Crippen LogP contribution in [0.5, 0.6) is 0 Å². The van der Waals surface area contributed by atoms with Gasteiger partial charge in [-0.2, -0.15) is 0 Å². The molecule has 0 aliphatic heterocycles. The van der Waals surface area contributed by atoms with E-state index < -0.39 is 0 Å². The van der Waals surface area contributed by atoms with E-state index in [0.29, 0.717) is 6.04 Å². The average molecular weight is 252 g/mol. The molecule has 2 aliphatic carbocycles. The third-order valence-corrected chi connectivity index (χ3v) is 5.27. The maximum atomic E-state index is 6.23. The zero-order chi connectivity index (χ0) is 13.5. The van der Waals surface area contributed by atoms with Crippen molar-refractivity contribution in [2.75, 3.05) is 13.6 Å². The molecular weight excluding hydrogens is 220 g/mol. The first-order valence-electron chi connectivity index (χ1n) is 7.75. The zero-order valence-electron chi connectivity index (χ0n) is 12.9. The summed E-state index contributed by atoms with van der Waals surface area (Å²) in [4.78, 5) is 2.55. The van der Waals surface area contributed by atoms with Crippen LogP contribution >= 0.6 is 0 Å². The molecule has 2 aliphatic rings. The predicted molar refractivity (Wildman–Crippen MR) is 78.5 cm³/mol. The van der Waals surface area contributed by atoms with Crippen molar-refractivity contribution < 1.29 is 0 Å². The number of likely N-dealkylation sites (N-methyl/N-ethyl adjacent to an activating group) is 1. The molecule has 0 heterocycles. The number of nitrogens with two attached hydrogens (primary N) is 1. The Balaban J connectivity index is 1.95. The summed E-state index contributed by atoms with van der Waals surface area (Å²) >= 11 is 0. The molecule has 106 valence electrons. The number of hydrogen-bond acceptors (Lipinski definition) is 2. The molecule has 5 unspecified atom stereocenters. The Labute approximate surface area is 113 Å². The topological polar surface area (TPSA) is 29.3 Å². The molecule has 0 amide bonds. The molecule has 2 rings (SSSR count). The minimum atomic E-state index is 0.244. The van der Waals surface area contributed by atoms with Crippen LogP contribution in [0.4, 0.5) is 0 Å². The second-order valence-corrected chi connectivity index (χ2v) is 8.04. The van der Waals surface area contributed by atoms with Gasteiger partial charge in [0, 0.05) is 18.6 Å². The third-order valence-electron chi connectivity index (χ3n) is 5.27. The molecule has 2 nitrogen and oxygen atoms in total. The first-order chi connectivity index (χ1) is 8.29. The quantitative estimate of drug-likeness (QED) is 0.833.